The van der Waals surface area contributed by atoms with Gasteiger partial charge in [0.15, 0.2) is 0 Å². The van der Waals surface area contributed by atoms with Gasteiger partial charge >= 0.3 is 0 Å². The number of anilines is 1. The second kappa shape index (κ2) is 8.22. The molecule has 2 aromatic heterocycles. The van der Waals surface area contributed by atoms with Crippen molar-refractivity contribution < 1.29 is 4.74 Å². The lowest BCUT2D eigenvalue weighted by Gasteiger charge is -2.42. The van der Waals surface area contributed by atoms with E-state index in [1.807, 2.05) is 22.8 Å². The first-order chi connectivity index (χ1) is 14.7. The van der Waals surface area contributed by atoms with Crippen molar-refractivity contribution in [3.8, 4) is 16.9 Å². The summed E-state index contributed by atoms with van der Waals surface area (Å²) in [7, 11) is 1.69. The number of hydrogen-bond acceptors (Lipinski definition) is 6. The van der Waals surface area contributed by atoms with Crippen LogP contribution >= 0.6 is 0 Å². The fourth-order valence-corrected chi connectivity index (χ4v) is 5.05. The van der Waals surface area contributed by atoms with Crippen LogP contribution in [-0.2, 0) is 0 Å². The van der Waals surface area contributed by atoms with Crippen molar-refractivity contribution >= 4 is 11.6 Å². The van der Waals surface area contributed by atoms with E-state index in [9.17, 15) is 0 Å². The van der Waals surface area contributed by atoms with Crippen molar-refractivity contribution in [2.75, 3.05) is 38.2 Å². The number of benzene rings is 1. The minimum atomic E-state index is 0.647. The SMILES string of the molecule is COc1ccc(-c2cnc3ncnn3c2N2CCC(N3CCC[C@H](C)C3)CC2)cc1. The van der Waals surface area contributed by atoms with Crippen molar-refractivity contribution in [2.24, 2.45) is 5.92 Å². The molecule has 1 aromatic carbocycles. The summed E-state index contributed by atoms with van der Waals surface area (Å²) in [6, 6.07) is 8.86. The van der Waals surface area contributed by atoms with Gasteiger partial charge in [-0.3, -0.25) is 4.90 Å². The van der Waals surface area contributed by atoms with E-state index in [0.29, 0.717) is 11.8 Å². The first-order valence-corrected chi connectivity index (χ1v) is 11.0. The molecule has 0 radical (unpaired) electrons. The monoisotopic (exact) mass is 406 g/mol. The van der Waals surface area contributed by atoms with E-state index in [1.165, 1.54) is 38.8 Å². The number of rotatable bonds is 4. The third-order valence-electron chi connectivity index (χ3n) is 6.65. The Bertz CT molecular complexity index is 993. The number of fused-ring (bicyclic) bond motifs is 1. The summed E-state index contributed by atoms with van der Waals surface area (Å²) in [5, 5.41) is 4.50. The largest absolute Gasteiger partial charge is 0.497 e. The average Bonchev–Trinajstić information content (AvgIpc) is 3.28. The van der Waals surface area contributed by atoms with E-state index in [4.69, 9.17) is 4.74 Å². The number of piperidine rings is 2. The van der Waals surface area contributed by atoms with Crippen molar-refractivity contribution in [2.45, 2.75) is 38.6 Å². The molecule has 0 unspecified atom stereocenters. The maximum absolute atomic E-state index is 5.33. The number of likely N-dealkylation sites (tertiary alicyclic amines) is 1. The third kappa shape index (κ3) is 3.62. The maximum atomic E-state index is 5.33. The molecule has 30 heavy (non-hydrogen) atoms. The average molecular weight is 407 g/mol. The molecule has 2 fully saturated rings. The van der Waals surface area contributed by atoms with Crippen LogP contribution in [0.5, 0.6) is 5.75 Å². The van der Waals surface area contributed by atoms with Crippen LogP contribution in [0.1, 0.15) is 32.6 Å². The maximum Gasteiger partial charge on any atom is 0.254 e. The molecule has 0 amide bonds. The first-order valence-electron chi connectivity index (χ1n) is 11.0. The highest BCUT2D eigenvalue weighted by Gasteiger charge is 2.29. The topological polar surface area (TPSA) is 58.8 Å². The van der Waals surface area contributed by atoms with Crippen LogP contribution in [0.4, 0.5) is 5.82 Å². The molecule has 2 aliphatic heterocycles. The Morgan fingerprint density at radius 3 is 2.53 bits per heavy atom. The summed E-state index contributed by atoms with van der Waals surface area (Å²) in [6.45, 7) is 6.95. The Morgan fingerprint density at radius 2 is 1.80 bits per heavy atom. The molecule has 1 atom stereocenters. The van der Waals surface area contributed by atoms with Gasteiger partial charge in [-0.1, -0.05) is 19.1 Å². The number of hydrogen-bond donors (Lipinski definition) is 0. The molecule has 7 heteroatoms. The summed E-state index contributed by atoms with van der Waals surface area (Å²) in [4.78, 5) is 14.0. The normalized spacial score (nSPS) is 21.3. The van der Waals surface area contributed by atoms with Crippen molar-refractivity contribution in [3.05, 3.63) is 36.8 Å². The van der Waals surface area contributed by atoms with E-state index in [2.05, 4.69) is 43.9 Å². The predicted molar refractivity (Wildman–Crippen MR) is 118 cm³/mol. The molecule has 0 saturated carbocycles. The van der Waals surface area contributed by atoms with E-state index >= 15 is 0 Å². The van der Waals surface area contributed by atoms with Gasteiger partial charge in [-0.25, -0.2) is 4.98 Å². The lowest BCUT2D eigenvalue weighted by atomic mass is 9.95. The number of nitrogens with zero attached hydrogens (tertiary/aromatic N) is 6. The zero-order valence-electron chi connectivity index (χ0n) is 17.9. The van der Waals surface area contributed by atoms with Gasteiger partial charge in [-0.15, -0.1) is 0 Å². The summed E-state index contributed by atoms with van der Waals surface area (Å²) in [5.74, 6) is 3.42. The van der Waals surface area contributed by atoms with Gasteiger partial charge in [0.2, 0.25) is 0 Å². The lowest BCUT2D eigenvalue weighted by molar-refractivity contribution is 0.112. The van der Waals surface area contributed by atoms with Crippen LogP contribution in [0.2, 0.25) is 0 Å². The number of methoxy groups -OCH3 is 1. The minimum Gasteiger partial charge on any atom is -0.497 e. The van der Waals surface area contributed by atoms with Crippen LogP contribution in [0.15, 0.2) is 36.8 Å². The van der Waals surface area contributed by atoms with Crippen molar-refractivity contribution in [1.82, 2.24) is 24.5 Å². The van der Waals surface area contributed by atoms with Gasteiger partial charge < -0.3 is 9.64 Å². The molecule has 2 aliphatic rings. The number of ether oxygens (including phenoxy) is 1. The third-order valence-corrected chi connectivity index (χ3v) is 6.65. The van der Waals surface area contributed by atoms with E-state index in [-0.39, 0.29) is 0 Å². The van der Waals surface area contributed by atoms with Crippen molar-refractivity contribution in [1.29, 1.82) is 0 Å². The van der Waals surface area contributed by atoms with Crippen LogP contribution in [0.3, 0.4) is 0 Å². The zero-order chi connectivity index (χ0) is 20.5. The molecule has 2 saturated heterocycles. The minimum absolute atomic E-state index is 0.647. The van der Waals surface area contributed by atoms with Gasteiger partial charge in [-0.05, 0) is 55.8 Å². The fourth-order valence-electron chi connectivity index (χ4n) is 5.05. The second-order valence-electron chi connectivity index (χ2n) is 8.66. The van der Waals surface area contributed by atoms with Crippen molar-refractivity contribution in [3.63, 3.8) is 0 Å². The smallest absolute Gasteiger partial charge is 0.254 e. The summed E-state index contributed by atoms with van der Waals surface area (Å²) in [5.41, 5.74) is 2.20. The van der Waals surface area contributed by atoms with Crippen LogP contribution in [-0.4, -0.2) is 63.8 Å². The standard InChI is InChI=1S/C23H30N6O/c1-17-4-3-11-28(15-17)19-9-12-27(13-10-19)22-21(14-24-23-25-16-26-29(22)23)18-5-7-20(30-2)8-6-18/h5-8,14,16-17,19H,3-4,9-13,15H2,1-2H3/t17-/m0/s1. The van der Waals surface area contributed by atoms with Gasteiger partial charge in [0.05, 0.1) is 7.11 Å². The molecule has 3 aromatic rings. The predicted octanol–water partition coefficient (Wildman–Crippen LogP) is 3.50. The summed E-state index contributed by atoms with van der Waals surface area (Å²) in [6.07, 6.45) is 8.61. The molecule has 0 spiro atoms. The fraction of sp³-hybridized carbons (Fsp3) is 0.522. The Morgan fingerprint density at radius 1 is 1.00 bits per heavy atom. The van der Waals surface area contributed by atoms with Gasteiger partial charge in [0, 0.05) is 37.4 Å². The van der Waals surface area contributed by atoms with Crippen LogP contribution in [0.25, 0.3) is 16.9 Å². The molecule has 4 heterocycles. The Kier molecular flexibility index (Phi) is 5.29. The summed E-state index contributed by atoms with van der Waals surface area (Å²) >= 11 is 0. The first kappa shape index (κ1) is 19.3. The molecular weight excluding hydrogens is 376 g/mol. The highest BCUT2D eigenvalue weighted by Crippen LogP contribution is 2.34. The highest BCUT2D eigenvalue weighted by atomic mass is 16.5. The molecule has 7 nitrogen and oxygen atoms in total. The quantitative estimate of drug-likeness (QED) is 0.661. The lowest BCUT2D eigenvalue weighted by Crippen LogP contribution is -2.48. The second-order valence-corrected chi connectivity index (χ2v) is 8.66. The van der Waals surface area contributed by atoms with Gasteiger partial charge in [0.1, 0.15) is 17.9 Å². The van der Waals surface area contributed by atoms with E-state index < -0.39 is 0 Å². The van der Waals surface area contributed by atoms with Crippen LogP contribution < -0.4 is 9.64 Å². The molecule has 158 valence electrons. The van der Waals surface area contributed by atoms with E-state index in [1.54, 1.807) is 13.4 Å². The van der Waals surface area contributed by atoms with E-state index in [0.717, 1.165) is 41.7 Å². The molecule has 0 bridgehead atoms. The Labute approximate surface area is 177 Å². The zero-order valence-corrected chi connectivity index (χ0v) is 17.9. The molecule has 0 N–H and O–H groups in total. The highest BCUT2D eigenvalue weighted by molar-refractivity contribution is 5.77. The molecule has 5 rings (SSSR count). The Hall–Kier alpha value is -2.67. The number of aromatic nitrogens is 4. The van der Waals surface area contributed by atoms with Crippen LogP contribution in [0, 0.1) is 5.92 Å². The Balaban J connectivity index is 1.43. The molecule has 0 aliphatic carbocycles. The summed E-state index contributed by atoms with van der Waals surface area (Å²) < 4.78 is 7.22. The van der Waals surface area contributed by atoms with Gasteiger partial charge in [-0.2, -0.15) is 14.6 Å². The van der Waals surface area contributed by atoms with Gasteiger partial charge in [0.25, 0.3) is 5.78 Å². The molecular formula is C23H30N6O.